The van der Waals surface area contributed by atoms with Crippen LogP contribution in [0.15, 0.2) is 72.8 Å². The van der Waals surface area contributed by atoms with Crippen molar-refractivity contribution in [1.29, 1.82) is 0 Å². The number of hydrogen-bond donors (Lipinski definition) is 1. The highest BCUT2D eigenvalue weighted by Crippen LogP contribution is 2.44. The Labute approximate surface area is 217 Å². The lowest BCUT2D eigenvalue weighted by Gasteiger charge is -2.45. The summed E-state index contributed by atoms with van der Waals surface area (Å²) in [5, 5.41) is 11.7. The smallest absolute Gasteiger partial charge is 0.200 e. The largest absolute Gasteiger partial charge is 0.413 e. The maximum Gasteiger partial charge on any atom is 0.200 e. The lowest BCUT2D eigenvalue weighted by molar-refractivity contribution is 0.0406. The molecule has 0 saturated carbocycles. The quantitative estimate of drug-likeness (QED) is 0.198. The second-order valence-corrected chi connectivity index (χ2v) is 16.8. The molecular weight excluding hydrogens is 444 g/mol. The van der Waals surface area contributed by atoms with Crippen molar-refractivity contribution in [2.24, 2.45) is 0 Å². The molecule has 2 nitrogen and oxygen atoms in total. The van der Waals surface area contributed by atoms with Gasteiger partial charge in [0.1, 0.15) is 0 Å². The summed E-state index contributed by atoms with van der Waals surface area (Å²) in [4.78, 5) is 0. The maximum absolute atomic E-state index is 11.7. The van der Waals surface area contributed by atoms with E-state index in [0.29, 0.717) is 29.5 Å². The van der Waals surface area contributed by atoms with E-state index in [-0.39, 0.29) is 6.10 Å². The van der Waals surface area contributed by atoms with E-state index in [9.17, 15) is 5.11 Å². The number of hydrogen-bond acceptors (Lipinski definition) is 2. The maximum atomic E-state index is 11.7. The molecule has 0 aliphatic rings. The third-order valence-electron chi connectivity index (χ3n) is 8.02. The van der Waals surface area contributed by atoms with Crippen LogP contribution in [0.5, 0.6) is 0 Å². The van der Waals surface area contributed by atoms with Crippen LogP contribution < -0.4 is 0 Å². The molecule has 0 saturated heterocycles. The molecule has 1 N–H and O–H groups in total. The molecule has 2 atom stereocenters. The van der Waals surface area contributed by atoms with Crippen molar-refractivity contribution in [2.75, 3.05) is 0 Å². The van der Waals surface area contributed by atoms with Crippen LogP contribution in [0.2, 0.25) is 16.6 Å². The Morgan fingerprint density at radius 1 is 0.771 bits per heavy atom. The first-order valence-electron chi connectivity index (χ1n) is 13.6. The molecule has 35 heavy (non-hydrogen) atoms. The van der Waals surface area contributed by atoms with Gasteiger partial charge in [0, 0.05) is 6.10 Å². The second-order valence-electron chi connectivity index (χ2n) is 11.4. The van der Waals surface area contributed by atoms with Gasteiger partial charge < -0.3 is 9.53 Å². The van der Waals surface area contributed by atoms with Gasteiger partial charge in [0.05, 0.1) is 5.60 Å². The van der Waals surface area contributed by atoms with Gasteiger partial charge in [0.2, 0.25) is 8.32 Å². The van der Waals surface area contributed by atoms with Crippen LogP contribution in [0.25, 0.3) is 0 Å². The average Bonchev–Trinajstić information content (AvgIpc) is 2.82. The lowest BCUT2D eigenvalue weighted by Crippen LogP contribution is -2.50. The van der Waals surface area contributed by atoms with Gasteiger partial charge in [-0.1, -0.05) is 109 Å². The molecule has 0 aromatic heterocycles. The monoisotopic (exact) mass is 494 g/mol. The molecule has 0 radical (unpaired) electrons. The van der Waals surface area contributed by atoms with Crippen molar-refractivity contribution < 1.29 is 9.53 Å². The number of rotatable bonds is 15. The zero-order chi connectivity index (χ0) is 26.1. The van der Waals surface area contributed by atoms with Crippen molar-refractivity contribution in [2.45, 2.75) is 115 Å². The highest BCUT2D eigenvalue weighted by Gasteiger charge is 2.46. The van der Waals surface area contributed by atoms with Crippen LogP contribution in [-0.4, -0.2) is 25.1 Å². The van der Waals surface area contributed by atoms with Gasteiger partial charge in [-0.15, -0.1) is 0 Å². The molecule has 0 aliphatic carbocycles. The van der Waals surface area contributed by atoms with Gasteiger partial charge in [-0.3, -0.25) is 0 Å². The number of benzene rings is 2. The fraction of sp³-hybridized carbons (Fsp3) is 0.562. The normalized spacial score (nSPS) is 14.9. The zero-order valence-electron chi connectivity index (χ0n) is 23.4. The fourth-order valence-electron chi connectivity index (χ4n) is 5.88. The van der Waals surface area contributed by atoms with Gasteiger partial charge in [-0.25, -0.2) is 0 Å². The summed E-state index contributed by atoms with van der Waals surface area (Å²) in [6, 6.07) is 21.2. The predicted octanol–water partition coefficient (Wildman–Crippen LogP) is 8.90. The van der Waals surface area contributed by atoms with Crippen LogP contribution in [0.3, 0.4) is 0 Å². The number of aliphatic hydroxyl groups is 1. The van der Waals surface area contributed by atoms with Crippen molar-refractivity contribution in [1.82, 2.24) is 0 Å². The minimum atomic E-state index is -2.03. The Morgan fingerprint density at radius 2 is 1.23 bits per heavy atom. The Morgan fingerprint density at radius 3 is 1.66 bits per heavy atom. The molecule has 2 aromatic carbocycles. The Hall–Kier alpha value is -1.68. The van der Waals surface area contributed by atoms with Crippen molar-refractivity contribution in [3.8, 4) is 0 Å². The minimum absolute atomic E-state index is 0.136. The summed E-state index contributed by atoms with van der Waals surface area (Å²) in [6.07, 6.45) is 5.20. The summed E-state index contributed by atoms with van der Waals surface area (Å²) in [5.41, 5.74) is 4.22. The standard InChI is InChI=1S/C32H50O2Si/c1-25(2)32(33,23-21-30-17-13-10-14-18-30)24-22-31(20-19-29-15-11-9-12-16-29)34-35(26(3)4,27(5)6)28(7)8/h9-18,26-28,31,33H,1,19-24H2,2-8H3. The molecular formula is C32H50O2Si. The number of aryl methyl sites for hydroxylation is 2. The van der Waals surface area contributed by atoms with E-state index in [1.807, 2.05) is 13.0 Å². The van der Waals surface area contributed by atoms with Crippen LogP contribution in [0, 0.1) is 0 Å². The van der Waals surface area contributed by atoms with Crippen LogP contribution >= 0.6 is 0 Å². The minimum Gasteiger partial charge on any atom is -0.413 e. The molecule has 2 rings (SSSR count). The Bertz CT molecular complexity index is 853. The molecule has 0 aliphatic heterocycles. The first-order valence-corrected chi connectivity index (χ1v) is 15.8. The van der Waals surface area contributed by atoms with E-state index in [1.165, 1.54) is 11.1 Å². The van der Waals surface area contributed by atoms with E-state index in [2.05, 4.69) is 103 Å². The van der Waals surface area contributed by atoms with E-state index >= 15 is 0 Å². The van der Waals surface area contributed by atoms with E-state index < -0.39 is 13.9 Å². The summed E-state index contributed by atoms with van der Waals surface area (Å²) in [5.74, 6) is 0. The Balaban J connectivity index is 2.22. The van der Waals surface area contributed by atoms with Crippen LogP contribution in [-0.2, 0) is 17.3 Å². The van der Waals surface area contributed by atoms with Crippen molar-refractivity contribution in [3.05, 3.63) is 83.9 Å². The topological polar surface area (TPSA) is 29.5 Å². The molecule has 0 heterocycles. The predicted molar refractivity (Wildman–Crippen MR) is 154 cm³/mol. The van der Waals surface area contributed by atoms with Crippen LogP contribution in [0.4, 0.5) is 0 Å². The first-order chi connectivity index (χ1) is 16.5. The SMILES string of the molecule is C=C(C)C(O)(CCc1ccccc1)CCC(CCc1ccccc1)O[Si](C(C)C)(C(C)C)C(C)C. The van der Waals surface area contributed by atoms with Crippen LogP contribution in [0.1, 0.15) is 85.3 Å². The molecule has 0 spiro atoms. The summed E-state index contributed by atoms with van der Waals surface area (Å²) in [7, 11) is -2.03. The third-order valence-corrected chi connectivity index (χ3v) is 14.2. The van der Waals surface area contributed by atoms with E-state index in [0.717, 1.165) is 31.3 Å². The molecule has 0 amide bonds. The molecule has 0 fully saturated rings. The van der Waals surface area contributed by atoms with Gasteiger partial charge in [-0.2, -0.15) is 0 Å². The summed E-state index contributed by atoms with van der Waals surface area (Å²) < 4.78 is 7.28. The van der Waals surface area contributed by atoms with Crippen molar-refractivity contribution >= 4 is 8.32 Å². The van der Waals surface area contributed by atoms with E-state index in [1.54, 1.807) is 0 Å². The molecule has 0 bridgehead atoms. The highest BCUT2D eigenvalue weighted by molar-refractivity contribution is 6.77. The molecule has 2 aromatic rings. The zero-order valence-corrected chi connectivity index (χ0v) is 24.4. The summed E-state index contributed by atoms with van der Waals surface area (Å²) >= 11 is 0. The lowest BCUT2D eigenvalue weighted by atomic mass is 9.83. The van der Waals surface area contributed by atoms with E-state index in [4.69, 9.17) is 4.43 Å². The molecule has 2 unspecified atom stereocenters. The first kappa shape index (κ1) is 29.5. The average molecular weight is 495 g/mol. The van der Waals surface area contributed by atoms with Gasteiger partial charge in [0.25, 0.3) is 0 Å². The Kier molecular flexibility index (Phi) is 11.5. The molecule has 194 valence electrons. The molecule has 3 heteroatoms. The van der Waals surface area contributed by atoms with Crippen molar-refractivity contribution in [3.63, 3.8) is 0 Å². The highest BCUT2D eigenvalue weighted by atomic mass is 28.4. The second kappa shape index (κ2) is 13.6. The summed E-state index contributed by atoms with van der Waals surface area (Å²) in [6.45, 7) is 20.3. The fourth-order valence-corrected chi connectivity index (χ4v) is 11.5. The third kappa shape index (κ3) is 8.16. The van der Waals surface area contributed by atoms with Gasteiger partial charge >= 0.3 is 0 Å². The van der Waals surface area contributed by atoms with Gasteiger partial charge in [0.15, 0.2) is 0 Å². The van der Waals surface area contributed by atoms with Gasteiger partial charge in [-0.05, 0) is 78.8 Å².